The van der Waals surface area contributed by atoms with Gasteiger partial charge in [0.2, 0.25) is 10.0 Å². The van der Waals surface area contributed by atoms with Crippen LogP contribution in [0.5, 0.6) is 0 Å². The molecule has 0 aromatic rings. The minimum atomic E-state index is -3.29. The molecule has 4 nitrogen and oxygen atoms in total. The van der Waals surface area contributed by atoms with Gasteiger partial charge in [-0.25, -0.2) is 13.1 Å². The predicted octanol–water partition coefficient (Wildman–Crippen LogP) is 0.832. The van der Waals surface area contributed by atoms with Crippen molar-refractivity contribution in [2.45, 2.75) is 26.8 Å². The summed E-state index contributed by atoms with van der Waals surface area (Å²) in [5.41, 5.74) is 0. The maximum atomic E-state index is 11.1. The topological polar surface area (TPSA) is 49.4 Å². The van der Waals surface area contributed by atoms with E-state index in [0.29, 0.717) is 6.54 Å². The van der Waals surface area contributed by atoms with Crippen molar-refractivity contribution in [3.8, 4) is 0 Å². The number of alkyl halides is 1. The Kier molecular flexibility index (Phi) is 6.68. The average molecular weight is 243 g/mol. The third-order valence-electron chi connectivity index (χ3n) is 1.95. The first-order chi connectivity index (χ1) is 6.45. The third-order valence-corrected chi connectivity index (χ3v) is 3.86. The van der Waals surface area contributed by atoms with E-state index in [1.54, 1.807) is 0 Å². The molecule has 1 atom stereocenters. The van der Waals surface area contributed by atoms with Gasteiger partial charge >= 0.3 is 0 Å². The van der Waals surface area contributed by atoms with E-state index in [1.807, 2.05) is 20.8 Å². The van der Waals surface area contributed by atoms with E-state index in [0.717, 1.165) is 13.1 Å². The van der Waals surface area contributed by atoms with Crippen molar-refractivity contribution in [1.29, 1.82) is 0 Å². The number of halogens is 1. The zero-order valence-corrected chi connectivity index (χ0v) is 10.5. The Morgan fingerprint density at radius 1 is 1.36 bits per heavy atom. The highest BCUT2D eigenvalue weighted by molar-refractivity contribution is 7.90. The Bertz CT molecular complexity index is 240. The van der Waals surface area contributed by atoms with Crippen molar-refractivity contribution in [2.24, 2.45) is 0 Å². The number of hydrogen-bond acceptors (Lipinski definition) is 3. The summed E-state index contributed by atoms with van der Waals surface area (Å²) < 4.78 is 24.7. The average Bonchev–Trinajstić information content (AvgIpc) is 2.13. The van der Waals surface area contributed by atoms with Crippen molar-refractivity contribution in [3.63, 3.8) is 0 Å². The van der Waals surface area contributed by atoms with Gasteiger partial charge in [0.1, 0.15) is 5.21 Å². The van der Waals surface area contributed by atoms with E-state index in [-0.39, 0.29) is 11.3 Å². The molecule has 1 N–H and O–H groups in total. The second-order valence-corrected chi connectivity index (χ2v) is 5.57. The molecule has 0 aromatic heterocycles. The number of rotatable bonds is 7. The minimum absolute atomic E-state index is 0.0985. The van der Waals surface area contributed by atoms with E-state index in [9.17, 15) is 8.42 Å². The zero-order valence-electron chi connectivity index (χ0n) is 8.96. The highest BCUT2D eigenvalue weighted by Gasteiger charge is 2.14. The summed E-state index contributed by atoms with van der Waals surface area (Å²) in [6.07, 6.45) is 0. The lowest BCUT2D eigenvalue weighted by Crippen LogP contribution is -2.42. The Morgan fingerprint density at radius 3 is 2.21 bits per heavy atom. The maximum Gasteiger partial charge on any atom is 0.225 e. The van der Waals surface area contributed by atoms with Gasteiger partial charge in [0, 0.05) is 12.6 Å². The van der Waals surface area contributed by atoms with Gasteiger partial charge in [0.05, 0.1) is 0 Å². The molecule has 0 aromatic carbocycles. The molecule has 0 rings (SSSR count). The van der Waals surface area contributed by atoms with Gasteiger partial charge in [0.15, 0.2) is 0 Å². The van der Waals surface area contributed by atoms with Crippen LogP contribution in [-0.2, 0) is 10.0 Å². The first-order valence-electron chi connectivity index (χ1n) is 4.73. The van der Waals surface area contributed by atoms with Gasteiger partial charge in [-0.05, 0) is 20.0 Å². The lowest BCUT2D eigenvalue weighted by atomic mass is 10.3. The van der Waals surface area contributed by atoms with Crippen LogP contribution in [0.1, 0.15) is 20.8 Å². The van der Waals surface area contributed by atoms with Crippen molar-refractivity contribution in [1.82, 2.24) is 9.62 Å². The number of nitrogens with one attached hydrogen (secondary N) is 1. The molecule has 0 amide bonds. The molecule has 0 aliphatic carbocycles. The lowest BCUT2D eigenvalue weighted by Gasteiger charge is -2.22. The van der Waals surface area contributed by atoms with Crippen LogP contribution < -0.4 is 4.72 Å². The van der Waals surface area contributed by atoms with Crippen LogP contribution in [0.3, 0.4) is 0 Å². The molecule has 6 heteroatoms. The van der Waals surface area contributed by atoms with Gasteiger partial charge in [-0.2, -0.15) is 0 Å². The van der Waals surface area contributed by atoms with Crippen molar-refractivity contribution in [2.75, 3.05) is 24.8 Å². The second-order valence-electron chi connectivity index (χ2n) is 3.23. The monoisotopic (exact) mass is 242 g/mol. The van der Waals surface area contributed by atoms with Crippen molar-refractivity contribution in [3.05, 3.63) is 0 Å². The standard InChI is InChI=1S/C8H19ClN2O2S/c1-4-11(5-2)6-8(3)10-14(12,13)7-9/h8,10H,4-7H2,1-3H3. The molecule has 0 heterocycles. The number of hydrogen-bond donors (Lipinski definition) is 1. The quantitative estimate of drug-likeness (QED) is 0.673. The summed E-state index contributed by atoms with van der Waals surface area (Å²) in [5.74, 6) is 0. The largest absolute Gasteiger partial charge is 0.302 e. The van der Waals surface area contributed by atoms with Crippen LogP contribution >= 0.6 is 11.6 Å². The number of likely N-dealkylation sites (N-methyl/N-ethyl adjacent to an activating group) is 1. The zero-order chi connectivity index (χ0) is 11.2. The highest BCUT2D eigenvalue weighted by Crippen LogP contribution is 1.96. The molecule has 0 aliphatic heterocycles. The van der Waals surface area contributed by atoms with Crippen molar-refractivity contribution >= 4 is 21.6 Å². The Hall–Kier alpha value is 0.160. The molecular weight excluding hydrogens is 224 g/mol. The van der Waals surface area contributed by atoms with Crippen LogP contribution in [0.2, 0.25) is 0 Å². The smallest absolute Gasteiger partial charge is 0.225 e. The van der Waals surface area contributed by atoms with Crippen LogP contribution in [-0.4, -0.2) is 44.2 Å². The van der Waals surface area contributed by atoms with Crippen LogP contribution in [0.4, 0.5) is 0 Å². The molecule has 86 valence electrons. The summed E-state index contributed by atoms with van der Waals surface area (Å²) >= 11 is 5.28. The van der Waals surface area contributed by atoms with E-state index >= 15 is 0 Å². The van der Waals surface area contributed by atoms with Crippen molar-refractivity contribution < 1.29 is 8.42 Å². The fourth-order valence-electron chi connectivity index (χ4n) is 1.24. The molecule has 0 radical (unpaired) electrons. The minimum Gasteiger partial charge on any atom is -0.302 e. The summed E-state index contributed by atoms with van der Waals surface area (Å²) in [6.45, 7) is 8.48. The van der Waals surface area contributed by atoms with E-state index in [1.165, 1.54) is 0 Å². The predicted molar refractivity (Wildman–Crippen MR) is 60.0 cm³/mol. The molecule has 14 heavy (non-hydrogen) atoms. The molecule has 1 unspecified atom stereocenters. The number of nitrogens with zero attached hydrogens (tertiary/aromatic N) is 1. The Balaban J connectivity index is 4.03. The Morgan fingerprint density at radius 2 is 1.86 bits per heavy atom. The first-order valence-corrected chi connectivity index (χ1v) is 6.92. The molecular formula is C8H19ClN2O2S. The molecule has 0 fully saturated rings. The molecule has 0 saturated heterocycles. The molecule has 0 aliphatic rings. The summed E-state index contributed by atoms with van der Waals surface area (Å²) in [7, 11) is -3.29. The summed E-state index contributed by atoms with van der Waals surface area (Å²) in [6, 6.07) is -0.0985. The normalized spacial score (nSPS) is 14.6. The maximum absolute atomic E-state index is 11.1. The SMILES string of the molecule is CCN(CC)CC(C)NS(=O)(=O)CCl. The second kappa shape index (κ2) is 6.61. The highest BCUT2D eigenvalue weighted by atomic mass is 35.5. The van der Waals surface area contributed by atoms with Gasteiger partial charge in [-0.3, -0.25) is 0 Å². The fourth-order valence-corrected chi connectivity index (χ4v) is 2.18. The first kappa shape index (κ1) is 14.2. The van der Waals surface area contributed by atoms with Crippen LogP contribution in [0.15, 0.2) is 0 Å². The third kappa shape index (κ3) is 5.80. The lowest BCUT2D eigenvalue weighted by molar-refractivity contribution is 0.282. The van der Waals surface area contributed by atoms with E-state index < -0.39 is 10.0 Å². The van der Waals surface area contributed by atoms with Gasteiger partial charge in [-0.15, -0.1) is 11.6 Å². The summed E-state index contributed by atoms with van der Waals surface area (Å²) in [5, 5.41) is -0.379. The Labute approximate surface area is 91.7 Å². The van der Waals surface area contributed by atoms with Gasteiger partial charge in [0.25, 0.3) is 0 Å². The molecule has 0 spiro atoms. The van der Waals surface area contributed by atoms with Gasteiger partial charge < -0.3 is 4.90 Å². The van der Waals surface area contributed by atoms with Crippen LogP contribution in [0.25, 0.3) is 0 Å². The van der Waals surface area contributed by atoms with Crippen LogP contribution in [0, 0.1) is 0 Å². The van der Waals surface area contributed by atoms with Gasteiger partial charge in [-0.1, -0.05) is 13.8 Å². The number of sulfonamides is 1. The summed E-state index contributed by atoms with van der Waals surface area (Å²) in [4.78, 5) is 2.15. The van der Waals surface area contributed by atoms with E-state index in [4.69, 9.17) is 11.6 Å². The van der Waals surface area contributed by atoms with E-state index in [2.05, 4.69) is 9.62 Å². The molecule has 0 bridgehead atoms. The fraction of sp³-hybridized carbons (Fsp3) is 1.00. The molecule has 0 saturated carbocycles.